The van der Waals surface area contributed by atoms with E-state index in [0.29, 0.717) is 17.3 Å². The molecule has 0 aliphatic heterocycles. The Kier molecular flexibility index (Phi) is 4.84. The van der Waals surface area contributed by atoms with Gasteiger partial charge in [0.2, 0.25) is 0 Å². The average molecular weight is 256 g/mol. The van der Waals surface area contributed by atoms with Gasteiger partial charge in [0.25, 0.3) is 0 Å². The van der Waals surface area contributed by atoms with Crippen LogP contribution in [0.25, 0.3) is 0 Å². The number of aromatic hydroxyl groups is 1. The molecular weight excluding hydrogens is 234 g/mol. The Hall–Kier alpha value is -0.730. The quantitative estimate of drug-likeness (QED) is 0.808. The Labute approximate surface area is 109 Å². The number of aryl methyl sites for hydroxylation is 1. The van der Waals surface area contributed by atoms with Crippen LogP contribution in [0.3, 0.4) is 0 Å². The Morgan fingerprint density at radius 1 is 1.24 bits per heavy atom. The number of unbranched alkanes of at least 4 members (excludes halogenated alkanes) is 1. The molecule has 0 spiro atoms. The van der Waals surface area contributed by atoms with Crippen molar-refractivity contribution >= 4 is 11.6 Å². The normalized spacial score (nSPS) is 11.8. The number of nitrogens with two attached hydrogens (primary N) is 1. The van der Waals surface area contributed by atoms with Crippen LogP contribution in [0.15, 0.2) is 12.1 Å². The SMILES string of the molecule is CC(C)(C)c1cc(Cl)cc(CCCCN)c1O. The summed E-state index contributed by atoms with van der Waals surface area (Å²) >= 11 is 6.11. The molecule has 0 heterocycles. The van der Waals surface area contributed by atoms with Gasteiger partial charge in [0.1, 0.15) is 5.75 Å². The lowest BCUT2D eigenvalue weighted by Gasteiger charge is -2.22. The number of hydrogen-bond donors (Lipinski definition) is 2. The summed E-state index contributed by atoms with van der Waals surface area (Å²) in [4.78, 5) is 0. The van der Waals surface area contributed by atoms with Crippen LogP contribution >= 0.6 is 11.6 Å². The summed E-state index contributed by atoms with van der Waals surface area (Å²) in [5.74, 6) is 0.388. The molecule has 0 aliphatic carbocycles. The topological polar surface area (TPSA) is 46.2 Å². The molecule has 0 amide bonds. The van der Waals surface area contributed by atoms with Gasteiger partial charge in [-0.25, -0.2) is 0 Å². The van der Waals surface area contributed by atoms with Gasteiger partial charge in [0.05, 0.1) is 0 Å². The molecule has 0 fully saturated rings. The lowest BCUT2D eigenvalue weighted by atomic mass is 9.84. The van der Waals surface area contributed by atoms with Crippen LogP contribution in [0.5, 0.6) is 5.75 Å². The van der Waals surface area contributed by atoms with Crippen molar-refractivity contribution in [2.75, 3.05) is 6.54 Å². The first-order valence-electron chi connectivity index (χ1n) is 6.08. The Bertz CT molecular complexity index is 383. The lowest BCUT2D eigenvalue weighted by molar-refractivity contribution is 0.439. The van der Waals surface area contributed by atoms with Crippen LogP contribution in [0, 0.1) is 0 Å². The molecule has 1 aromatic rings. The van der Waals surface area contributed by atoms with Crippen molar-refractivity contribution in [2.45, 2.75) is 45.4 Å². The minimum atomic E-state index is -0.0996. The standard InChI is InChI=1S/C14H22ClNO/c1-14(2,3)12-9-11(15)8-10(13(12)17)6-4-5-7-16/h8-9,17H,4-7,16H2,1-3H3. The van der Waals surface area contributed by atoms with Crippen molar-refractivity contribution in [2.24, 2.45) is 5.73 Å². The van der Waals surface area contributed by atoms with Gasteiger partial charge in [-0.1, -0.05) is 32.4 Å². The van der Waals surface area contributed by atoms with E-state index in [2.05, 4.69) is 20.8 Å². The number of benzene rings is 1. The molecule has 0 saturated heterocycles. The number of phenolic OH excluding ortho intramolecular Hbond substituents is 1. The molecule has 0 aliphatic rings. The first-order chi connectivity index (χ1) is 7.86. The van der Waals surface area contributed by atoms with E-state index in [0.717, 1.165) is 30.4 Å². The summed E-state index contributed by atoms with van der Waals surface area (Å²) in [6, 6.07) is 3.70. The Morgan fingerprint density at radius 2 is 1.88 bits per heavy atom. The van der Waals surface area contributed by atoms with E-state index in [1.54, 1.807) is 0 Å². The van der Waals surface area contributed by atoms with Crippen LogP contribution in [-0.4, -0.2) is 11.7 Å². The molecule has 0 radical (unpaired) electrons. The van der Waals surface area contributed by atoms with E-state index in [9.17, 15) is 5.11 Å². The second-order valence-corrected chi connectivity index (χ2v) is 5.89. The van der Waals surface area contributed by atoms with Gasteiger partial charge in [-0.05, 0) is 48.9 Å². The average Bonchev–Trinajstić information content (AvgIpc) is 2.21. The first-order valence-corrected chi connectivity index (χ1v) is 6.46. The summed E-state index contributed by atoms with van der Waals surface area (Å²) < 4.78 is 0. The largest absolute Gasteiger partial charge is 0.507 e. The molecular formula is C14H22ClNO. The lowest BCUT2D eigenvalue weighted by Crippen LogP contribution is -2.12. The molecule has 0 aromatic heterocycles. The van der Waals surface area contributed by atoms with Crippen LogP contribution < -0.4 is 5.73 Å². The van der Waals surface area contributed by atoms with E-state index in [-0.39, 0.29) is 5.41 Å². The van der Waals surface area contributed by atoms with Gasteiger partial charge in [0.15, 0.2) is 0 Å². The zero-order chi connectivity index (χ0) is 13.1. The number of rotatable bonds is 4. The Morgan fingerprint density at radius 3 is 2.41 bits per heavy atom. The second-order valence-electron chi connectivity index (χ2n) is 5.46. The predicted octanol–water partition coefficient (Wildman–Crippen LogP) is 3.62. The summed E-state index contributed by atoms with van der Waals surface area (Å²) in [7, 11) is 0. The molecule has 1 rings (SSSR count). The maximum Gasteiger partial charge on any atom is 0.122 e. The summed E-state index contributed by atoms with van der Waals surface area (Å²) in [5, 5.41) is 10.9. The van der Waals surface area contributed by atoms with Crippen LogP contribution in [-0.2, 0) is 11.8 Å². The van der Waals surface area contributed by atoms with Crippen molar-refractivity contribution in [1.29, 1.82) is 0 Å². The monoisotopic (exact) mass is 255 g/mol. The Balaban J connectivity index is 3.02. The van der Waals surface area contributed by atoms with Gasteiger partial charge < -0.3 is 10.8 Å². The molecule has 1 aromatic carbocycles. The summed E-state index contributed by atoms with van der Waals surface area (Å²) in [6.07, 6.45) is 2.78. The highest BCUT2D eigenvalue weighted by molar-refractivity contribution is 6.30. The highest BCUT2D eigenvalue weighted by Gasteiger charge is 2.20. The van der Waals surface area contributed by atoms with E-state index >= 15 is 0 Å². The van der Waals surface area contributed by atoms with Gasteiger partial charge in [-0.2, -0.15) is 0 Å². The molecule has 2 nitrogen and oxygen atoms in total. The fourth-order valence-electron chi connectivity index (χ4n) is 1.88. The second kappa shape index (κ2) is 5.74. The molecule has 3 N–H and O–H groups in total. The van der Waals surface area contributed by atoms with Gasteiger partial charge in [-0.3, -0.25) is 0 Å². The maximum absolute atomic E-state index is 10.3. The fourth-order valence-corrected chi connectivity index (χ4v) is 2.12. The van der Waals surface area contributed by atoms with Crippen molar-refractivity contribution in [1.82, 2.24) is 0 Å². The molecule has 17 heavy (non-hydrogen) atoms. The minimum absolute atomic E-state index is 0.0996. The predicted molar refractivity (Wildman–Crippen MR) is 73.8 cm³/mol. The molecule has 3 heteroatoms. The summed E-state index contributed by atoms with van der Waals surface area (Å²) in [5.41, 5.74) is 7.21. The number of halogens is 1. The third kappa shape index (κ3) is 3.90. The van der Waals surface area contributed by atoms with Gasteiger partial charge >= 0.3 is 0 Å². The minimum Gasteiger partial charge on any atom is -0.507 e. The highest BCUT2D eigenvalue weighted by Crippen LogP contribution is 2.36. The summed E-state index contributed by atoms with van der Waals surface area (Å²) in [6.45, 7) is 6.90. The van der Waals surface area contributed by atoms with Gasteiger partial charge in [-0.15, -0.1) is 0 Å². The molecule has 0 bridgehead atoms. The fraction of sp³-hybridized carbons (Fsp3) is 0.571. The van der Waals surface area contributed by atoms with E-state index in [1.807, 2.05) is 12.1 Å². The number of hydrogen-bond acceptors (Lipinski definition) is 2. The van der Waals surface area contributed by atoms with Crippen LogP contribution in [0.1, 0.15) is 44.7 Å². The molecule has 0 saturated carbocycles. The van der Waals surface area contributed by atoms with Crippen molar-refractivity contribution in [3.8, 4) is 5.75 Å². The molecule has 0 unspecified atom stereocenters. The maximum atomic E-state index is 10.3. The third-order valence-electron chi connectivity index (χ3n) is 2.86. The van der Waals surface area contributed by atoms with E-state index in [4.69, 9.17) is 17.3 Å². The van der Waals surface area contributed by atoms with E-state index < -0.39 is 0 Å². The van der Waals surface area contributed by atoms with E-state index in [1.165, 1.54) is 0 Å². The smallest absolute Gasteiger partial charge is 0.122 e. The van der Waals surface area contributed by atoms with Crippen LogP contribution in [0.4, 0.5) is 0 Å². The van der Waals surface area contributed by atoms with Crippen molar-refractivity contribution in [3.63, 3.8) is 0 Å². The van der Waals surface area contributed by atoms with Gasteiger partial charge in [0, 0.05) is 10.6 Å². The number of phenols is 1. The molecule has 0 atom stereocenters. The van der Waals surface area contributed by atoms with Crippen LogP contribution in [0.2, 0.25) is 5.02 Å². The van der Waals surface area contributed by atoms with Crippen molar-refractivity contribution < 1.29 is 5.11 Å². The molecule has 96 valence electrons. The first kappa shape index (κ1) is 14.3. The zero-order valence-corrected chi connectivity index (χ0v) is 11.6. The highest BCUT2D eigenvalue weighted by atomic mass is 35.5. The zero-order valence-electron chi connectivity index (χ0n) is 10.9. The third-order valence-corrected chi connectivity index (χ3v) is 3.08. The van der Waals surface area contributed by atoms with Crippen molar-refractivity contribution in [3.05, 3.63) is 28.3 Å².